The van der Waals surface area contributed by atoms with E-state index in [-0.39, 0.29) is 25.2 Å². The van der Waals surface area contributed by atoms with E-state index in [1.54, 1.807) is 26.8 Å². The predicted octanol–water partition coefficient (Wildman–Crippen LogP) is 3.10. The lowest BCUT2D eigenvalue weighted by molar-refractivity contribution is -0.167. The fourth-order valence-corrected chi connectivity index (χ4v) is 1.90. The van der Waals surface area contributed by atoms with Crippen molar-refractivity contribution in [2.45, 2.75) is 33.6 Å². The number of hydrogen-bond donors (Lipinski definition) is 0. The molecular weight excluding hydrogens is 263 g/mol. The fourth-order valence-electron chi connectivity index (χ4n) is 1.90. The first kappa shape index (κ1) is 16.1. The van der Waals surface area contributed by atoms with Gasteiger partial charge in [-0.25, -0.2) is 4.39 Å². The lowest BCUT2D eigenvalue weighted by atomic mass is 9.82. The second-order valence-corrected chi connectivity index (χ2v) is 4.33. The van der Waals surface area contributed by atoms with Gasteiger partial charge in [0.15, 0.2) is 17.0 Å². The highest BCUT2D eigenvalue weighted by Gasteiger charge is 2.46. The molecular formula is C15H19FO4. The Morgan fingerprint density at radius 1 is 1.10 bits per heavy atom. The average Bonchev–Trinajstić information content (AvgIpc) is 2.44. The number of carbonyl (C=O) groups is 2. The Kier molecular flexibility index (Phi) is 5.67. The van der Waals surface area contributed by atoms with Crippen LogP contribution in [-0.2, 0) is 14.3 Å². The van der Waals surface area contributed by atoms with Crippen LogP contribution in [0.2, 0.25) is 0 Å². The summed E-state index contributed by atoms with van der Waals surface area (Å²) in [5.41, 5.74) is -1.39. The van der Waals surface area contributed by atoms with Gasteiger partial charge in [-0.1, -0.05) is 26.0 Å². The molecule has 0 heterocycles. The standard InChI is InChI=1S/C15H19FO4/c1-4-15(5-2,13(17)19-6-3)14(18)20-12-10-8-7-9-11(12)16/h7-10H,4-6H2,1-3H3. The molecule has 0 spiro atoms. The molecule has 0 fully saturated rings. The van der Waals surface area contributed by atoms with Crippen molar-refractivity contribution in [2.24, 2.45) is 5.41 Å². The van der Waals surface area contributed by atoms with Crippen LogP contribution in [0, 0.1) is 11.2 Å². The Morgan fingerprint density at radius 3 is 2.20 bits per heavy atom. The molecule has 0 aromatic heterocycles. The van der Waals surface area contributed by atoms with E-state index in [2.05, 4.69) is 0 Å². The van der Waals surface area contributed by atoms with Crippen molar-refractivity contribution in [3.8, 4) is 5.75 Å². The van der Waals surface area contributed by atoms with Crippen molar-refractivity contribution in [1.29, 1.82) is 0 Å². The maximum Gasteiger partial charge on any atom is 0.328 e. The number of carbonyl (C=O) groups excluding carboxylic acids is 2. The molecule has 1 rings (SSSR count). The van der Waals surface area contributed by atoms with E-state index in [0.29, 0.717) is 0 Å². The highest BCUT2D eigenvalue weighted by atomic mass is 19.1. The van der Waals surface area contributed by atoms with Crippen molar-refractivity contribution in [2.75, 3.05) is 6.61 Å². The molecule has 0 aliphatic rings. The van der Waals surface area contributed by atoms with Crippen LogP contribution in [0.1, 0.15) is 33.6 Å². The maximum absolute atomic E-state index is 13.5. The lowest BCUT2D eigenvalue weighted by Gasteiger charge is -2.26. The third kappa shape index (κ3) is 3.15. The number of benzene rings is 1. The van der Waals surface area contributed by atoms with Gasteiger partial charge in [-0.15, -0.1) is 0 Å². The molecule has 0 saturated heterocycles. The van der Waals surface area contributed by atoms with E-state index >= 15 is 0 Å². The number of para-hydroxylation sites is 1. The van der Waals surface area contributed by atoms with E-state index in [1.807, 2.05) is 0 Å². The molecule has 0 radical (unpaired) electrons. The van der Waals surface area contributed by atoms with Crippen LogP contribution in [0.3, 0.4) is 0 Å². The van der Waals surface area contributed by atoms with Gasteiger partial charge in [-0.05, 0) is 31.9 Å². The average molecular weight is 282 g/mol. The van der Waals surface area contributed by atoms with Crippen LogP contribution >= 0.6 is 0 Å². The molecule has 0 aliphatic heterocycles. The number of ether oxygens (including phenoxy) is 2. The van der Waals surface area contributed by atoms with Crippen molar-refractivity contribution in [1.82, 2.24) is 0 Å². The van der Waals surface area contributed by atoms with Gasteiger partial charge in [-0.3, -0.25) is 9.59 Å². The predicted molar refractivity (Wildman–Crippen MR) is 71.7 cm³/mol. The van der Waals surface area contributed by atoms with Gasteiger partial charge >= 0.3 is 11.9 Å². The third-order valence-electron chi connectivity index (χ3n) is 3.30. The fraction of sp³-hybridized carbons (Fsp3) is 0.467. The smallest absolute Gasteiger partial charge is 0.328 e. The van der Waals surface area contributed by atoms with Gasteiger partial charge < -0.3 is 9.47 Å². The zero-order valence-electron chi connectivity index (χ0n) is 11.9. The zero-order chi connectivity index (χ0) is 15.2. The Balaban J connectivity index is 3.01. The Morgan fingerprint density at radius 2 is 1.70 bits per heavy atom. The molecule has 0 N–H and O–H groups in total. The first-order valence-electron chi connectivity index (χ1n) is 6.65. The highest BCUT2D eigenvalue weighted by molar-refractivity contribution is 6.00. The number of esters is 2. The quantitative estimate of drug-likeness (QED) is 0.457. The van der Waals surface area contributed by atoms with E-state index in [1.165, 1.54) is 18.2 Å². The van der Waals surface area contributed by atoms with Crippen molar-refractivity contribution < 1.29 is 23.5 Å². The lowest BCUT2D eigenvalue weighted by Crippen LogP contribution is -2.42. The molecule has 0 bridgehead atoms. The summed E-state index contributed by atoms with van der Waals surface area (Å²) in [5.74, 6) is -2.25. The van der Waals surface area contributed by atoms with Crippen LogP contribution < -0.4 is 4.74 Å². The van der Waals surface area contributed by atoms with Gasteiger partial charge in [0.25, 0.3) is 0 Å². The second-order valence-electron chi connectivity index (χ2n) is 4.33. The molecule has 1 aromatic carbocycles. The highest BCUT2D eigenvalue weighted by Crippen LogP contribution is 2.31. The van der Waals surface area contributed by atoms with Crippen molar-refractivity contribution in [3.63, 3.8) is 0 Å². The molecule has 20 heavy (non-hydrogen) atoms. The van der Waals surface area contributed by atoms with Crippen molar-refractivity contribution >= 4 is 11.9 Å². The second kappa shape index (κ2) is 7.03. The van der Waals surface area contributed by atoms with E-state index in [0.717, 1.165) is 0 Å². The topological polar surface area (TPSA) is 52.6 Å². The third-order valence-corrected chi connectivity index (χ3v) is 3.30. The van der Waals surface area contributed by atoms with Crippen LogP contribution in [0.25, 0.3) is 0 Å². The Hall–Kier alpha value is -1.91. The monoisotopic (exact) mass is 282 g/mol. The molecule has 0 amide bonds. The minimum absolute atomic E-state index is 0.174. The van der Waals surface area contributed by atoms with Gasteiger partial charge in [0.2, 0.25) is 0 Å². The van der Waals surface area contributed by atoms with Crippen LogP contribution in [0.15, 0.2) is 24.3 Å². The summed E-state index contributed by atoms with van der Waals surface area (Å²) in [7, 11) is 0. The summed E-state index contributed by atoms with van der Waals surface area (Å²) in [5, 5.41) is 0. The SMILES string of the molecule is CCOC(=O)C(CC)(CC)C(=O)Oc1ccccc1F. The van der Waals surface area contributed by atoms with Gasteiger partial charge in [0.1, 0.15) is 0 Å². The number of halogens is 1. The molecule has 1 aromatic rings. The summed E-state index contributed by atoms with van der Waals surface area (Å²) >= 11 is 0. The first-order chi connectivity index (χ1) is 9.51. The largest absolute Gasteiger partial charge is 0.465 e. The Bertz CT molecular complexity index is 481. The molecule has 0 unspecified atom stereocenters. The summed E-state index contributed by atoms with van der Waals surface area (Å²) < 4.78 is 23.5. The molecule has 110 valence electrons. The zero-order valence-corrected chi connectivity index (χ0v) is 11.9. The molecule has 4 nitrogen and oxygen atoms in total. The number of hydrogen-bond acceptors (Lipinski definition) is 4. The minimum atomic E-state index is -1.39. The summed E-state index contributed by atoms with van der Waals surface area (Å²) in [6, 6.07) is 5.57. The summed E-state index contributed by atoms with van der Waals surface area (Å²) in [4.78, 5) is 24.3. The van der Waals surface area contributed by atoms with Crippen molar-refractivity contribution in [3.05, 3.63) is 30.1 Å². The van der Waals surface area contributed by atoms with Crippen LogP contribution in [0.4, 0.5) is 4.39 Å². The van der Waals surface area contributed by atoms with E-state index in [4.69, 9.17) is 9.47 Å². The van der Waals surface area contributed by atoms with Gasteiger partial charge in [-0.2, -0.15) is 0 Å². The molecule has 0 saturated carbocycles. The minimum Gasteiger partial charge on any atom is -0.465 e. The summed E-state index contributed by atoms with van der Waals surface area (Å²) in [6.07, 6.45) is 0.464. The van der Waals surface area contributed by atoms with Gasteiger partial charge in [0, 0.05) is 0 Å². The van der Waals surface area contributed by atoms with E-state index < -0.39 is 23.2 Å². The Labute approximate surface area is 117 Å². The van der Waals surface area contributed by atoms with Gasteiger partial charge in [0.05, 0.1) is 6.61 Å². The summed E-state index contributed by atoms with van der Waals surface area (Å²) in [6.45, 7) is 5.23. The maximum atomic E-state index is 13.5. The normalized spacial score (nSPS) is 11.0. The van der Waals surface area contributed by atoms with E-state index in [9.17, 15) is 14.0 Å². The van der Waals surface area contributed by atoms with Crippen LogP contribution in [-0.4, -0.2) is 18.5 Å². The molecule has 0 aliphatic carbocycles. The molecule has 5 heteroatoms. The molecule has 0 atom stereocenters. The van der Waals surface area contributed by atoms with Crippen LogP contribution in [0.5, 0.6) is 5.75 Å². The first-order valence-corrected chi connectivity index (χ1v) is 6.65. The number of rotatable bonds is 6.